The Bertz CT molecular complexity index is 688. The van der Waals surface area contributed by atoms with Crippen LogP contribution in [0, 0.1) is 11.6 Å². The molecule has 1 N–H and O–H groups in total. The first-order valence-electron chi connectivity index (χ1n) is 6.63. The van der Waals surface area contributed by atoms with Gasteiger partial charge in [0.1, 0.15) is 17.4 Å². The van der Waals surface area contributed by atoms with Crippen LogP contribution in [0.15, 0.2) is 42.5 Å². The fourth-order valence-corrected chi connectivity index (χ4v) is 2.40. The minimum absolute atomic E-state index is 0.166. The van der Waals surface area contributed by atoms with E-state index in [0.717, 1.165) is 17.7 Å². The molecule has 1 aliphatic rings. The molecule has 0 radical (unpaired) electrons. The zero-order chi connectivity index (χ0) is 14.8. The fourth-order valence-electron chi connectivity index (χ4n) is 2.40. The molecule has 1 amide bonds. The summed E-state index contributed by atoms with van der Waals surface area (Å²) in [5.74, 6) is -1.42. The Labute approximate surface area is 120 Å². The summed E-state index contributed by atoms with van der Waals surface area (Å²) in [6.07, 6.45) is 0.603. The molecule has 21 heavy (non-hydrogen) atoms. The van der Waals surface area contributed by atoms with Gasteiger partial charge in [-0.15, -0.1) is 0 Å². The number of amides is 1. The Kier molecular flexibility index (Phi) is 3.56. The van der Waals surface area contributed by atoms with Crippen LogP contribution >= 0.6 is 0 Å². The minimum Gasteiger partial charge on any atom is -0.493 e. The maximum Gasteiger partial charge on any atom is 0.254 e. The highest BCUT2D eigenvalue weighted by Crippen LogP contribution is 2.31. The van der Waals surface area contributed by atoms with Crippen LogP contribution in [0.3, 0.4) is 0 Å². The lowest BCUT2D eigenvalue weighted by molar-refractivity contribution is 0.0920. The number of hydrogen-bond donors (Lipinski definition) is 1. The van der Waals surface area contributed by atoms with Gasteiger partial charge < -0.3 is 10.1 Å². The van der Waals surface area contributed by atoms with Crippen LogP contribution < -0.4 is 10.1 Å². The average Bonchev–Trinajstić information content (AvgIpc) is 2.47. The monoisotopic (exact) mass is 289 g/mol. The third-order valence-electron chi connectivity index (χ3n) is 3.44. The van der Waals surface area contributed by atoms with Crippen LogP contribution in [0.5, 0.6) is 5.75 Å². The molecule has 2 aromatic carbocycles. The predicted molar refractivity (Wildman–Crippen MR) is 73.1 cm³/mol. The van der Waals surface area contributed by atoms with Crippen molar-refractivity contribution in [2.24, 2.45) is 0 Å². The van der Waals surface area contributed by atoms with Crippen molar-refractivity contribution < 1.29 is 18.3 Å². The van der Waals surface area contributed by atoms with Crippen molar-refractivity contribution in [3.8, 4) is 5.75 Å². The molecule has 0 aromatic heterocycles. The molecule has 2 aromatic rings. The zero-order valence-electron chi connectivity index (χ0n) is 11.1. The topological polar surface area (TPSA) is 38.3 Å². The first kappa shape index (κ1) is 13.5. The van der Waals surface area contributed by atoms with Crippen molar-refractivity contribution >= 4 is 5.91 Å². The van der Waals surface area contributed by atoms with Gasteiger partial charge >= 0.3 is 0 Å². The Morgan fingerprint density at radius 3 is 2.81 bits per heavy atom. The van der Waals surface area contributed by atoms with Gasteiger partial charge in [0.05, 0.1) is 18.2 Å². The molecule has 5 heteroatoms. The largest absolute Gasteiger partial charge is 0.493 e. The summed E-state index contributed by atoms with van der Waals surface area (Å²) in [7, 11) is 0. The second kappa shape index (κ2) is 5.52. The highest BCUT2D eigenvalue weighted by molar-refractivity contribution is 5.94. The van der Waals surface area contributed by atoms with Crippen LogP contribution in [0.1, 0.15) is 28.4 Å². The van der Waals surface area contributed by atoms with Gasteiger partial charge in [-0.1, -0.05) is 18.2 Å². The SMILES string of the molecule is O=C(N[C@@H]1CCOc2ccccc21)c1ccc(F)cc1F. The van der Waals surface area contributed by atoms with Crippen molar-refractivity contribution in [2.45, 2.75) is 12.5 Å². The highest BCUT2D eigenvalue weighted by atomic mass is 19.1. The normalized spacial score (nSPS) is 16.8. The Balaban J connectivity index is 1.83. The van der Waals surface area contributed by atoms with E-state index in [0.29, 0.717) is 24.8 Å². The lowest BCUT2D eigenvalue weighted by atomic mass is 10.00. The third kappa shape index (κ3) is 2.72. The van der Waals surface area contributed by atoms with Gasteiger partial charge in [-0.05, 0) is 18.2 Å². The van der Waals surface area contributed by atoms with Gasteiger partial charge in [0.15, 0.2) is 0 Å². The van der Waals surface area contributed by atoms with Gasteiger partial charge in [-0.3, -0.25) is 4.79 Å². The van der Waals surface area contributed by atoms with Crippen molar-refractivity contribution in [1.82, 2.24) is 5.32 Å². The van der Waals surface area contributed by atoms with Gasteiger partial charge in [-0.25, -0.2) is 8.78 Å². The second-order valence-corrected chi connectivity index (χ2v) is 4.83. The fraction of sp³-hybridized carbons (Fsp3) is 0.188. The number of hydrogen-bond acceptors (Lipinski definition) is 2. The molecule has 0 saturated carbocycles. The van der Waals surface area contributed by atoms with E-state index >= 15 is 0 Å². The summed E-state index contributed by atoms with van der Waals surface area (Å²) in [4.78, 5) is 12.1. The van der Waals surface area contributed by atoms with Crippen LogP contribution in [-0.2, 0) is 0 Å². The van der Waals surface area contributed by atoms with Crippen LogP contribution in [0.25, 0.3) is 0 Å². The molecule has 1 heterocycles. The van der Waals surface area contributed by atoms with E-state index in [2.05, 4.69) is 5.32 Å². The van der Waals surface area contributed by atoms with Crippen molar-refractivity contribution in [2.75, 3.05) is 6.61 Å². The van der Waals surface area contributed by atoms with Gasteiger partial charge in [0.25, 0.3) is 5.91 Å². The van der Waals surface area contributed by atoms with E-state index in [1.54, 1.807) is 0 Å². The molecule has 3 rings (SSSR count). The molecule has 1 atom stereocenters. The molecule has 0 unspecified atom stereocenters. The molecular weight excluding hydrogens is 276 g/mol. The van der Waals surface area contributed by atoms with Crippen molar-refractivity contribution in [3.05, 3.63) is 65.2 Å². The van der Waals surface area contributed by atoms with Gasteiger partial charge in [0, 0.05) is 18.1 Å². The minimum atomic E-state index is -0.868. The van der Waals surface area contributed by atoms with Crippen LogP contribution in [0.2, 0.25) is 0 Å². The molecular formula is C16H13F2NO2. The summed E-state index contributed by atoms with van der Waals surface area (Å²) in [5.41, 5.74) is 0.694. The predicted octanol–water partition coefficient (Wildman–Crippen LogP) is 3.22. The molecule has 0 fully saturated rings. The number of fused-ring (bicyclic) bond motifs is 1. The molecule has 3 nitrogen and oxygen atoms in total. The van der Waals surface area contributed by atoms with E-state index in [1.165, 1.54) is 0 Å². The van der Waals surface area contributed by atoms with E-state index in [-0.39, 0.29) is 11.6 Å². The lowest BCUT2D eigenvalue weighted by Crippen LogP contribution is -2.32. The maximum atomic E-state index is 13.6. The molecule has 0 spiro atoms. The number of carbonyl (C=O) groups excluding carboxylic acids is 1. The maximum absolute atomic E-state index is 13.6. The molecule has 0 bridgehead atoms. The summed E-state index contributed by atoms with van der Waals surface area (Å²) < 4.78 is 32.0. The van der Waals surface area contributed by atoms with Crippen molar-refractivity contribution in [1.29, 1.82) is 0 Å². The van der Waals surface area contributed by atoms with E-state index in [9.17, 15) is 13.6 Å². The van der Waals surface area contributed by atoms with Crippen LogP contribution in [0.4, 0.5) is 8.78 Å². The Morgan fingerprint density at radius 1 is 1.19 bits per heavy atom. The van der Waals surface area contributed by atoms with Crippen molar-refractivity contribution in [3.63, 3.8) is 0 Å². The quantitative estimate of drug-likeness (QED) is 0.922. The molecule has 1 aliphatic heterocycles. The van der Waals surface area contributed by atoms with E-state index in [1.807, 2.05) is 24.3 Å². The summed E-state index contributed by atoms with van der Waals surface area (Å²) >= 11 is 0. The number of halogens is 2. The number of ether oxygens (including phenoxy) is 1. The second-order valence-electron chi connectivity index (χ2n) is 4.83. The van der Waals surface area contributed by atoms with Crippen LogP contribution in [-0.4, -0.2) is 12.5 Å². The highest BCUT2D eigenvalue weighted by Gasteiger charge is 2.24. The summed E-state index contributed by atoms with van der Waals surface area (Å²) in [6, 6.07) is 10.1. The summed E-state index contributed by atoms with van der Waals surface area (Å²) in [5, 5.41) is 2.77. The Hall–Kier alpha value is -2.43. The number of carbonyl (C=O) groups is 1. The van der Waals surface area contributed by atoms with Gasteiger partial charge in [0.2, 0.25) is 0 Å². The van der Waals surface area contributed by atoms with E-state index in [4.69, 9.17) is 4.74 Å². The smallest absolute Gasteiger partial charge is 0.254 e. The summed E-state index contributed by atoms with van der Waals surface area (Å²) in [6.45, 7) is 0.480. The zero-order valence-corrected chi connectivity index (χ0v) is 11.1. The number of nitrogens with one attached hydrogen (secondary N) is 1. The first-order chi connectivity index (χ1) is 10.1. The molecule has 0 saturated heterocycles. The van der Waals surface area contributed by atoms with Gasteiger partial charge in [-0.2, -0.15) is 0 Å². The first-order valence-corrected chi connectivity index (χ1v) is 6.63. The average molecular weight is 289 g/mol. The van der Waals surface area contributed by atoms with E-state index < -0.39 is 17.5 Å². The lowest BCUT2D eigenvalue weighted by Gasteiger charge is -2.26. The number of rotatable bonds is 2. The molecule has 108 valence electrons. The standard InChI is InChI=1S/C16H13F2NO2/c17-10-5-6-11(13(18)9-10)16(20)19-14-7-8-21-15-4-2-1-3-12(14)15/h1-6,9,14H,7-8H2,(H,19,20)/t14-/m1/s1. The Morgan fingerprint density at radius 2 is 2.00 bits per heavy atom. The number of benzene rings is 2. The third-order valence-corrected chi connectivity index (χ3v) is 3.44. The number of para-hydroxylation sites is 1. The molecule has 0 aliphatic carbocycles.